The zero-order valence-electron chi connectivity index (χ0n) is 10.6. The second kappa shape index (κ2) is 6.03. The molecule has 0 atom stereocenters. The van der Waals surface area contributed by atoms with Gasteiger partial charge in [0.05, 0.1) is 5.56 Å². The van der Waals surface area contributed by atoms with Gasteiger partial charge >= 0.3 is 0 Å². The highest BCUT2D eigenvalue weighted by Crippen LogP contribution is 2.33. The molecular weight excluding hydrogens is 280 g/mol. The summed E-state index contributed by atoms with van der Waals surface area (Å²) in [6.45, 7) is 4.37. The molecule has 0 saturated heterocycles. The number of nitrogens with zero attached hydrogens (tertiary/aromatic N) is 2. The molecule has 1 aromatic heterocycles. The van der Waals surface area contributed by atoms with Crippen LogP contribution in [0.5, 0.6) is 0 Å². The van der Waals surface area contributed by atoms with Crippen LogP contribution >= 0.6 is 23.1 Å². The van der Waals surface area contributed by atoms with Gasteiger partial charge in [0.1, 0.15) is 5.01 Å². The number of carbonyl (C=O) groups is 1. The summed E-state index contributed by atoms with van der Waals surface area (Å²) in [7, 11) is 0. The van der Waals surface area contributed by atoms with Gasteiger partial charge < -0.3 is 11.1 Å². The predicted octanol–water partition coefficient (Wildman–Crippen LogP) is 2.33. The van der Waals surface area contributed by atoms with Crippen LogP contribution in [-0.2, 0) is 0 Å². The molecule has 2 rings (SSSR count). The molecule has 1 heterocycles. The number of carbonyl (C=O) groups excluding carboxylic acids is 1. The number of aromatic nitrogens is 2. The molecule has 0 aliphatic heterocycles. The largest absolute Gasteiger partial charge is 0.399 e. The number of amides is 1. The first-order valence-corrected chi connectivity index (χ1v) is 7.39. The number of nitrogens with two attached hydrogens (primary N) is 1. The summed E-state index contributed by atoms with van der Waals surface area (Å²) in [6.07, 6.45) is 0. The summed E-state index contributed by atoms with van der Waals surface area (Å²) in [6, 6.07) is 5.24. The Morgan fingerprint density at radius 1 is 1.47 bits per heavy atom. The van der Waals surface area contributed by atoms with Crippen LogP contribution in [0.1, 0.15) is 22.3 Å². The van der Waals surface area contributed by atoms with Crippen molar-refractivity contribution in [1.29, 1.82) is 0 Å². The maximum atomic E-state index is 12.0. The smallest absolute Gasteiger partial charge is 0.252 e. The number of hydrogen-bond donors (Lipinski definition) is 2. The Bertz CT molecular complexity index is 597. The van der Waals surface area contributed by atoms with Crippen LogP contribution in [0.4, 0.5) is 5.69 Å². The van der Waals surface area contributed by atoms with Gasteiger partial charge in [0, 0.05) is 17.1 Å². The standard InChI is InChI=1S/C12H14N4OS2/c1-3-14-11(17)9-5-4-8(13)6-10(9)19-12-16-15-7(2)18-12/h4-6H,3,13H2,1-2H3,(H,14,17). The third kappa shape index (κ3) is 3.45. The summed E-state index contributed by atoms with van der Waals surface area (Å²) in [5, 5.41) is 11.7. The van der Waals surface area contributed by atoms with Crippen LogP contribution in [0.3, 0.4) is 0 Å². The average Bonchev–Trinajstić information content (AvgIpc) is 2.75. The first kappa shape index (κ1) is 13.8. The fraction of sp³-hybridized carbons (Fsp3) is 0.250. The van der Waals surface area contributed by atoms with E-state index in [1.54, 1.807) is 18.2 Å². The van der Waals surface area contributed by atoms with E-state index < -0.39 is 0 Å². The fourth-order valence-corrected chi connectivity index (χ4v) is 3.43. The Hall–Kier alpha value is -1.60. The molecule has 0 spiro atoms. The minimum Gasteiger partial charge on any atom is -0.399 e. The first-order chi connectivity index (χ1) is 9.10. The maximum absolute atomic E-state index is 12.0. The highest BCUT2D eigenvalue weighted by atomic mass is 32.2. The Morgan fingerprint density at radius 2 is 2.26 bits per heavy atom. The molecule has 5 nitrogen and oxygen atoms in total. The van der Waals surface area contributed by atoms with Crippen molar-refractivity contribution in [2.75, 3.05) is 12.3 Å². The lowest BCUT2D eigenvalue weighted by Crippen LogP contribution is -2.23. The van der Waals surface area contributed by atoms with Gasteiger partial charge in [-0.25, -0.2) is 0 Å². The van der Waals surface area contributed by atoms with Crippen LogP contribution < -0.4 is 11.1 Å². The number of hydrogen-bond acceptors (Lipinski definition) is 6. The maximum Gasteiger partial charge on any atom is 0.252 e. The fourth-order valence-electron chi connectivity index (χ4n) is 1.48. The van der Waals surface area contributed by atoms with Gasteiger partial charge in [0.25, 0.3) is 5.91 Å². The third-order valence-corrected chi connectivity index (χ3v) is 4.24. The molecule has 7 heteroatoms. The Morgan fingerprint density at radius 3 is 2.89 bits per heavy atom. The molecule has 0 aliphatic rings. The summed E-state index contributed by atoms with van der Waals surface area (Å²) in [4.78, 5) is 12.8. The SMILES string of the molecule is CCNC(=O)c1ccc(N)cc1Sc1nnc(C)s1. The molecule has 100 valence electrons. The second-order valence-corrected chi connectivity index (χ2v) is 6.27. The lowest BCUT2D eigenvalue weighted by molar-refractivity contribution is 0.0953. The minimum absolute atomic E-state index is 0.105. The number of nitrogen functional groups attached to an aromatic ring is 1. The van der Waals surface area contributed by atoms with Crippen molar-refractivity contribution in [2.24, 2.45) is 0 Å². The van der Waals surface area contributed by atoms with E-state index in [2.05, 4.69) is 15.5 Å². The molecule has 3 N–H and O–H groups in total. The van der Waals surface area contributed by atoms with E-state index in [-0.39, 0.29) is 5.91 Å². The molecule has 0 bridgehead atoms. The molecule has 1 aromatic carbocycles. The molecule has 0 aliphatic carbocycles. The Kier molecular flexibility index (Phi) is 4.39. The van der Waals surface area contributed by atoms with Crippen LogP contribution in [0, 0.1) is 6.92 Å². The second-order valence-electron chi connectivity index (χ2n) is 3.80. The molecule has 0 fully saturated rings. The Balaban J connectivity index is 2.31. The highest BCUT2D eigenvalue weighted by molar-refractivity contribution is 8.01. The van der Waals surface area contributed by atoms with Gasteiger partial charge in [-0.15, -0.1) is 10.2 Å². The van der Waals surface area contributed by atoms with Crippen LogP contribution in [0.25, 0.3) is 0 Å². The first-order valence-electron chi connectivity index (χ1n) is 5.76. The van der Waals surface area contributed by atoms with Crippen molar-refractivity contribution in [3.8, 4) is 0 Å². The number of nitrogens with one attached hydrogen (secondary N) is 1. The van der Waals surface area contributed by atoms with Crippen molar-refractivity contribution in [2.45, 2.75) is 23.1 Å². The van der Waals surface area contributed by atoms with E-state index in [9.17, 15) is 4.79 Å². The van der Waals surface area contributed by atoms with Crippen molar-refractivity contribution in [3.63, 3.8) is 0 Å². The topological polar surface area (TPSA) is 80.9 Å². The Labute approximate surface area is 119 Å². The van der Waals surface area contributed by atoms with Gasteiger partial charge in [-0.05, 0) is 32.0 Å². The third-order valence-electron chi connectivity index (χ3n) is 2.29. The average molecular weight is 294 g/mol. The molecular formula is C12H14N4OS2. The number of benzene rings is 1. The lowest BCUT2D eigenvalue weighted by Gasteiger charge is -2.08. The lowest BCUT2D eigenvalue weighted by atomic mass is 10.2. The van der Waals surface area contributed by atoms with Crippen LogP contribution in [0.15, 0.2) is 27.4 Å². The summed E-state index contributed by atoms with van der Waals surface area (Å²) >= 11 is 2.90. The highest BCUT2D eigenvalue weighted by Gasteiger charge is 2.14. The van der Waals surface area contributed by atoms with Crippen LogP contribution in [0.2, 0.25) is 0 Å². The summed E-state index contributed by atoms with van der Waals surface area (Å²) in [5.74, 6) is -0.105. The zero-order chi connectivity index (χ0) is 13.8. The molecule has 0 radical (unpaired) electrons. The summed E-state index contributed by atoms with van der Waals surface area (Å²) in [5.41, 5.74) is 7.01. The number of anilines is 1. The van der Waals surface area contributed by atoms with E-state index in [0.29, 0.717) is 17.8 Å². The predicted molar refractivity (Wildman–Crippen MR) is 77.6 cm³/mol. The van der Waals surface area contributed by atoms with Crippen molar-refractivity contribution in [3.05, 3.63) is 28.8 Å². The van der Waals surface area contributed by atoms with Crippen molar-refractivity contribution < 1.29 is 4.79 Å². The number of aryl methyl sites for hydroxylation is 1. The quantitative estimate of drug-likeness (QED) is 0.846. The van der Waals surface area contributed by atoms with Gasteiger partial charge in [-0.1, -0.05) is 23.1 Å². The molecule has 0 unspecified atom stereocenters. The van der Waals surface area contributed by atoms with E-state index in [4.69, 9.17) is 5.73 Å². The molecule has 19 heavy (non-hydrogen) atoms. The molecule has 0 saturated carbocycles. The van der Waals surface area contributed by atoms with Crippen molar-refractivity contribution >= 4 is 34.7 Å². The van der Waals surface area contributed by atoms with Gasteiger partial charge in [0.2, 0.25) is 0 Å². The van der Waals surface area contributed by atoms with Gasteiger partial charge in [0.15, 0.2) is 4.34 Å². The van der Waals surface area contributed by atoms with E-state index in [0.717, 1.165) is 14.2 Å². The van der Waals surface area contributed by atoms with E-state index >= 15 is 0 Å². The van der Waals surface area contributed by atoms with E-state index in [1.807, 2.05) is 13.8 Å². The molecule has 1 amide bonds. The van der Waals surface area contributed by atoms with Crippen LogP contribution in [-0.4, -0.2) is 22.6 Å². The van der Waals surface area contributed by atoms with Gasteiger partial charge in [-0.3, -0.25) is 4.79 Å². The minimum atomic E-state index is -0.105. The van der Waals surface area contributed by atoms with Crippen molar-refractivity contribution in [1.82, 2.24) is 15.5 Å². The van der Waals surface area contributed by atoms with Gasteiger partial charge in [-0.2, -0.15) is 0 Å². The molecule has 2 aromatic rings. The monoisotopic (exact) mass is 294 g/mol. The zero-order valence-corrected chi connectivity index (χ0v) is 12.3. The number of rotatable bonds is 4. The van der Waals surface area contributed by atoms with E-state index in [1.165, 1.54) is 23.1 Å². The summed E-state index contributed by atoms with van der Waals surface area (Å²) < 4.78 is 0.800. The normalized spacial score (nSPS) is 10.4.